The van der Waals surface area contributed by atoms with Gasteiger partial charge in [0, 0.05) is 0 Å². The lowest BCUT2D eigenvalue weighted by molar-refractivity contribution is 0.610. The minimum Gasteiger partial charge on any atom is -0.384 e. The lowest BCUT2D eigenvalue weighted by atomic mass is 10.1. The van der Waals surface area contributed by atoms with Crippen LogP contribution < -0.4 is 5.73 Å². The third kappa shape index (κ3) is 6.71. The maximum atomic E-state index is 7.58. The predicted octanol–water partition coefficient (Wildman–Crippen LogP) is 4.34. The SMILES string of the molecule is C=CCCC/C(=C/C(N)=N[C@H]1CC=CCCC1)C(=N)Cl. The molecule has 0 spiro atoms. The molecule has 1 atom stereocenters. The molecule has 0 bridgehead atoms. The Morgan fingerprint density at radius 2 is 2.30 bits per heavy atom. The molecule has 1 aliphatic carbocycles. The molecule has 3 nitrogen and oxygen atoms in total. The molecule has 0 unspecified atom stereocenters. The van der Waals surface area contributed by atoms with Crippen molar-refractivity contribution in [1.82, 2.24) is 0 Å². The Morgan fingerprint density at radius 3 is 3.00 bits per heavy atom. The molecule has 0 radical (unpaired) electrons. The largest absolute Gasteiger partial charge is 0.384 e. The van der Waals surface area contributed by atoms with Crippen molar-refractivity contribution in [3.63, 3.8) is 0 Å². The predicted molar refractivity (Wildman–Crippen MR) is 88.7 cm³/mol. The van der Waals surface area contributed by atoms with Gasteiger partial charge in [0.15, 0.2) is 0 Å². The normalized spacial score (nSPS) is 20.6. The highest BCUT2D eigenvalue weighted by Crippen LogP contribution is 2.16. The van der Waals surface area contributed by atoms with Crippen LogP contribution in [0.2, 0.25) is 0 Å². The number of nitrogens with one attached hydrogen (secondary N) is 1. The number of aliphatic imine (C=N–C) groups is 1. The lowest BCUT2D eigenvalue weighted by Crippen LogP contribution is -2.15. The van der Waals surface area contributed by atoms with E-state index in [1.165, 1.54) is 0 Å². The first-order chi connectivity index (χ1) is 9.63. The van der Waals surface area contributed by atoms with E-state index in [2.05, 4.69) is 23.7 Å². The van der Waals surface area contributed by atoms with Crippen molar-refractivity contribution < 1.29 is 0 Å². The molecule has 0 saturated heterocycles. The van der Waals surface area contributed by atoms with Crippen molar-refractivity contribution in [2.24, 2.45) is 10.7 Å². The summed E-state index contributed by atoms with van der Waals surface area (Å²) in [5.41, 5.74) is 6.72. The average Bonchev–Trinajstić information content (AvgIpc) is 2.66. The van der Waals surface area contributed by atoms with E-state index < -0.39 is 0 Å². The number of allylic oxidation sites excluding steroid dienone is 3. The van der Waals surface area contributed by atoms with Crippen LogP contribution in [-0.4, -0.2) is 17.0 Å². The van der Waals surface area contributed by atoms with Crippen molar-refractivity contribution in [3.8, 4) is 0 Å². The third-order valence-electron chi connectivity index (χ3n) is 3.27. The number of nitrogens with zero attached hydrogens (tertiary/aromatic N) is 1. The van der Waals surface area contributed by atoms with E-state index in [1.807, 2.05) is 6.08 Å². The van der Waals surface area contributed by atoms with Gasteiger partial charge in [0.25, 0.3) is 0 Å². The second-order valence-electron chi connectivity index (χ2n) is 5.01. The monoisotopic (exact) mass is 293 g/mol. The Balaban J connectivity index is 2.67. The highest BCUT2D eigenvalue weighted by molar-refractivity contribution is 6.68. The summed E-state index contributed by atoms with van der Waals surface area (Å²) in [5.74, 6) is 0.476. The van der Waals surface area contributed by atoms with Gasteiger partial charge in [-0.1, -0.05) is 29.8 Å². The molecule has 0 amide bonds. The maximum Gasteiger partial charge on any atom is 0.124 e. The number of halogens is 1. The van der Waals surface area contributed by atoms with Crippen LogP contribution in [0.4, 0.5) is 0 Å². The van der Waals surface area contributed by atoms with Crippen LogP contribution in [0.5, 0.6) is 0 Å². The van der Waals surface area contributed by atoms with E-state index in [9.17, 15) is 0 Å². The highest BCUT2D eigenvalue weighted by Gasteiger charge is 2.08. The second-order valence-corrected chi connectivity index (χ2v) is 5.39. The quantitative estimate of drug-likeness (QED) is 0.312. The summed E-state index contributed by atoms with van der Waals surface area (Å²) in [6.45, 7) is 3.69. The van der Waals surface area contributed by atoms with Gasteiger partial charge < -0.3 is 5.73 Å². The molecule has 4 heteroatoms. The molecule has 0 aromatic heterocycles. The van der Waals surface area contributed by atoms with E-state index in [4.69, 9.17) is 22.7 Å². The molecule has 0 saturated carbocycles. The van der Waals surface area contributed by atoms with E-state index in [0.29, 0.717) is 5.84 Å². The summed E-state index contributed by atoms with van der Waals surface area (Å²) in [7, 11) is 0. The molecule has 20 heavy (non-hydrogen) atoms. The number of hydrogen-bond donors (Lipinski definition) is 2. The van der Waals surface area contributed by atoms with Crippen LogP contribution in [0.25, 0.3) is 0 Å². The van der Waals surface area contributed by atoms with Gasteiger partial charge in [0.2, 0.25) is 0 Å². The van der Waals surface area contributed by atoms with E-state index in [0.717, 1.165) is 50.5 Å². The van der Waals surface area contributed by atoms with Crippen molar-refractivity contribution in [3.05, 3.63) is 36.5 Å². The Labute approximate surface area is 126 Å². The van der Waals surface area contributed by atoms with E-state index in [1.54, 1.807) is 6.08 Å². The van der Waals surface area contributed by atoms with Crippen molar-refractivity contribution in [2.45, 2.75) is 51.0 Å². The Kier molecular flexibility index (Phi) is 7.97. The van der Waals surface area contributed by atoms with Crippen LogP contribution in [0.1, 0.15) is 44.9 Å². The Hall–Kier alpha value is -1.35. The second kappa shape index (κ2) is 9.54. The Morgan fingerprint density at radius 1 is 1.50 bits per heavy atom. The third-order valence-corrected chi connectivity index (χ3v) is 3.52. The summed E-state index contributed by atoms with van der Waals surface area (Å²) < 4.78 is 0. The lowest BCUT2D eigenvalue weighted by Gasteiger charge is -2.09. The van der Waals surface area contributed by atoms with Gasteiger partial charge in [0.05, 0.1) is 6.04 Å². The Bertz CT molecular complexity index is 421. The zero-order valence-electron chi connectivity index (χ0n) is 11.9. The summed E-state index contributed by atoms with van der Waals surface area (Å²) in [6, 6.07) is 0.254. The minimum absolute atomic E-state index is 0.0491. The molecule has 0 aromatic carbocycles. The van der Waals surface area contributed by atoms with E-state index in [-0.39, 0.29) is 11.2 Å². The minimum atomic E-state index is 0.0491. The molecule has 0 aliphatic heterocycles. The maximum absolute atomic E-state index is 7.58. The molecule has 1 aliphatic rings. The molecule has 0 aromatic rings. The summed E-state index contributed by atoms with van der Waals surface area (Å²) in [6.07, 6.45) is 14.8. The van der Waals surface area contributed by atoms with Crippen LogP contribution in [0.15, 0.2) is 41.4 Å². The van der Waals surface area contributed by atoms with Gasteiger partial charge in [-0.3, -0.25) is 10.4 Å². The zero-order chi connectivity index (χ0) is 14.8. The van der Waals surface area contributed by atoms with Gasteiger partial charge >= 0.3 is 0 Å². The first kappa shape index (κ1) is 16.7. The number of amidine groups is 1. The first-order valence-electron chi connectivity index (χ1n) is 7.17. The number of unbranched alkanes of at least 4 members (excludes halogenated alkanes) is 1. The van der Waals surface area contributed by atoms with Gasteiger partial charge in [-0.15, -0.1) is 6.58 Å². The summed E-state index contributed by atoms with van der Waals surface area (Å²) >= 11 is 5.80. The molecule has 3 N–H and O–H groups in total. The number of hydrogen-bond acceptors (Lipinski definition) is 2. The summed E-state index contributed by atoms with van der Waals surface area (Å²) in [4.78, 5) is 4.54. The van der Waals surface area contributed by atoms with E-state index >= 15 is 0 Å². The fourth-order valence-corrected chi connectivity index (χ4v) is 2.34. The van der Waals surface area contributed by atoms with Gasteiger partial charge in [-0.05, 0) is 56.6 Å². The topological polar surface area (TPSA) is 62.2 Å². The molecular formula is C16H24ClN3. The van der Waals surface area contributed by atoms with Crippen LogP contribution >= 0.6 is 11.6 Å². The van der Waals surface area contributed by atoms with Gasteiger partial charge in [-0.2, -0.15) is 0 Å². The molecule has 0 fully saturated rings. The molecule has 110 valence electrons. The van der Waals surface area contributed by atoms with Crippen molar-refractivity contribution >= 4 is 22.6 Å². The van der Waals surface area contributed by atoms with Gasteiger partial charge in [-0.25, -0.2) is 0 Å². The standard InChI is InChI=1S/C16H24ClN3/c1-2-3-6-9-13(16(17)19)12-15(18)20-14-10-7-4-5-8-11-14/h2,4,7,12,14,19H,1,3,5-6,8-11H2,(H2,18,20)/b13-12-,19-16?/t14-/m0/s1. The molecular weight excluding hydrogens is 270 g/mol. The van der Waals surface area contributed by atoms with Crippen LogP contribution in [0, 0.1) is 5.41 Å². The fourth-order valence-electron chi connectivity index (χ4n) is 2.19. The average molecular weight is 294 g/mol. The number of nitrogens with two attached hydrogens (primary N) is 1. The van der Waals surface area contributed by atoms with Gasteiger partial charge in [0.1, 0.15) is 11.0 Å². The van der Waals surface area contributed by atoms with Crippen molar-refractivity contribution in [1.29, 1.82) is 5.41 Å². The molecule has 0 heterocycles. The fraction of sp³-hybridized carbons (Fsp3) is 0.500. The smallest absolute Gasteiger partial charge is 0.124 e. The van der Waals surface area contributed by atoms with Crippen molar-refractivity contribution in [2.75, 3.05) is 0 Å². The first-order valence-corrected chi connectivity index (χ1v) is 7.55. The molecule has 1 rings (SSSR count). The number of rotatable bonds is 7. The highest BCUT2D eigenvalue weighted by atomic mass is 35.5. The van der Waals surface area contributed by atoms with Crippen LogP contribution in [0.3, 0.4) is 0 Å². The zero-order valence-corrected chi connectivity index (χ0v) is 12.7. The summed E-state index contributed by atoms with van der Waals surface area (Å²) in [5, 5.41) is 7.63. The van der Waals surface area contributed by atoms with Crippen LogP contribution in [-0.2, 0) is 0 Å².